The van der Waals surface area contributed by atoms with Crippen molar-refractivity contribution in [2.45, 2.75) is 63.8 Å². The third-order valence-electron chi connectivity index (χ3n) is 7.28. The molecule has 0 spiro atoms. The van der Waals surface area contributed by atoms with E-state index < -0.39 is 6.04 Å². The number of nitrogens with one attached hydrogen (secondary N) is 1. The summed E-state index contributed by atoms with van der Waals surface area (Å²) >= 11 is 0. The fourth-order valence-corrected chi connectivity index (χ4v) is 5.48. The van der Waals surface area contributed by atoms with E-state index in [1.54, 1.807) is 4.90 Å². The maximum atomic E-state index is 12.9. The fourth-order valence-electron chi connectivity index (χ4n) is 5.48. The van der Waals surface area contributed by atoms with Crippen LogP contribution in [-0.2, 0) is 20.9 Å². The van der Waals surface area contributed by atoms with Gasteiger partial charge in [0.15, 0.2) is 0 Å². The molecule has 1 saturated carbocycles. The number of hydrogen-bond donors (Lipinski definition) is 1. The number of carbonyl (C=O) groups excluding carboxylic acids is 3. The molecule has 4 aliphatic rings. The number of carbonyl (C=O) groups is 3. The van der Waals surface area contributed by atoms with E-state index in [2.05, 4.69) is 17.1 Å². The highest BCUT2D eigenvalue weighted by Gasteiger charge is 2.40. The summed E-state index contributed by atoms with van der Waals surface area (Å²) in [6.45, 7) is 6.35. The lowest BCUT2D eigenvalue weighted by Gasteiger charge is -2.37. The molecule has 3 atom stereocenters. The number of benzene rings is 1. The van der Waals surface area contributed by atoms with E-state index in [0.29, 0.717) is 30.5 Å². The van der Waals surface area contributed by atoms with Gasteiger partial charge in [0.1, 0.15) is 17.9 Å². The van der Waals surface area contributed by atoms with Crippen LogP contribution in [0.3, 0.4) is 0 Å². The van der Waals surface area contributed by atoms with E-state index in [0.717, 1.165) is 56.9 Å². The smallest absolute Gasteiger partial charge is 0.255 e. The second kappa shape index (κ2) is 8.83. The van der Waals surface area contributed by atoms with Crippen molar-refractivity contribution in [3.8, 4) is 5.75 Å². The number of imide groups is 1. The average molecular weight is 442 g/mol. The molecule has 3 aliphatic heterocycles. The zero-order chi connectivity index (χ0) is 22.2. The SMILES string of the molecule is CCN(CC1COC1)[C@@H]1CCC[C@H]1Oc1ccc2c(c1)CN(C1CCC(=O)NC1=O)C2=O. The predicted molar refractivity (Wildman–Crippen MR) is 116 cm³/mol. The van der Waals surface area contributed by atoms with Crippen molar-refractivity contribution in [3.05, 3.63) is 29.3 Å². The van der Waals surface area contributed by atoms with Crippen molar-refractivity contribution >= 4 is 17.7 Å². The Kier molecular flexibility index (Phi) is 5.90. The summed E-state index contributed by atoms with van der Waals surface area (Å²) in [5.41, 5.74) is 1.50. The molecule has 0 bridgehead atoms. The molecule has 2 saturated heterocycles. The van der Waals surface area contributed by atoms with Crippen molar-refractivity contribution in [2.75, 3.05) is 26.3 Å². The Balaban J connectivity index is 1.26. The van der Waals surface area contributed by atoms with Crippen molar-refractivity contribution in [1.82, 2.24) is 15.1 Å². The minimum atomic E-state index is -0.593. The van der Waals surface area contributed by atoms with E-state index in [9.17, 15) is 14.4 Å². The van der Waals surface area contributed by atoms with Crippen molar-refractivity contribution in [2.24, 2.45) is 5.92 Å². The first-order valence-electron chi connectivity index (χ1n) is 11.8. The molecule has 8 heteroatoms. The Morgan fingerprint density at radius 3 is 2.75 bits per heavy atom. The number of nitrogens with zero attached hydrogens (tertiary/aromatic N) is 2. The van der Waals surface area contributed by atoms with Gasteiger partial charge in [0.25, 0.3) is 5.91 Å². The van der Waals surface area contributed by atoms with Gasteiger partial charge in [-0.05, 0) is 56.0 Å². The summed E-state index contributed by atoms with van der Waals surface area (Å²) in [6, 6.07) is 5.44. The second-order valence-electron chi connectivity index (χ2n) is 9.36. The van der Waals surface area contributed by atoms with Crippen molar-refractivity contribution in [3.63, 3.8) is 0 Å². The van der Waals surface area contributed by atoms with E-state index in [4.69, 9.17) is 9.47 Å². The summed E-state index contributed by atoms with van der Waals surface area (Å²) in [7, 11) is 0. The van der Waals surface area contributed by atoms with Gasteiger partial charge in [-0.3, -0.25) is 24.6 Å². The summed E-state index contributed by atoms with van der Waals surface area (Å²) in [6.07, 6.45) is 4.09. The van der Waals surface area contributed by atoms with E-state index in [1.165, 1.54) is 0 Å². The van der Waals surface area contributed by atoms with Gasteiger partial charge in [-0.2, -0.15) is 0 Å². The molecule has 0 radical (unpaired) electrons. The minimum Gasteiger partial charge on any atom is -0.489 e. The number of ether oxygens (including phenoxy) is 2. The lowest BCUT2D eigenvalue weighted by atomic mass is 10.0. The molecule has 172 valence electrons. The summed E-state index contributed by atoms with van der Waals surface area (Å²) < 4.78 is 11.8. The maximum Gasteiger partial charge on any atom is 0.255 e. The molecule has 8 nitrogen and oxygen atoms in total. The van der Waals surface area contributed by atoms with Crippen LogP contribution >= 0.6 is 0 Å². The van der Waals surface area contributed by atoms with Gasteiger partial charge in [-0.1, -0.05) is 6.92 Å². The molecule has 3 amide bonds. The largest absolute Gasteiger partial charge is 0.489 e. The summed E-state index contributed by atoms with van der Waals surface area (Å²) in [4.78, 5) is 40.7. The zero-order valence-corrected chi connectivity index (χ0v) is 18.5. The van der Waals surface area contributed by atoms with Crippen molar-refractivity contribution in [1.29, 1.82) is 0 Å². The Morgan fingerprint density at radius 1 is 1.19 bits per heavy atom. The predicted octanol–water partition coefficient (Wildman–Crippen LogP) is 1.72. The van der Waals surface area contributed by atoms with Gasteiger partial charge in [0.05, 0.1) is 13.2 Å². The van der Waals surface area contributed by atoms with E-state index in [1.807, 2.05) is 18.2 Å². The lowest BCUT2D eigenvalue weighted by molar-refractivity contribution is -0.136. The summed E-state index contributed by atoms with van der Waals surface area (Å²) in [5, 5.41) is 2.35. The quantitative estimate of drug-likeness (QED) is 0.649. The van der Waals surface area contributed by atoms with Gasteiger partial charge in [0.2, 0.25) is 11.8 Å². The van der Waals surface area contributed by atoms with Crippen LogP contribution in [0.1, 0.15) is 54.9 Å². The number of likely N-dealkylation sites (N-methyl/N-ethyl adjacent to an activating group) is 1. The van der Waals surface area contributed by atoms with Crippen LogP contribution < -0.4 is 10.1 Å². The van der Waals surface area contributed by atoms with Gasteiger partial charge in [0, 0.05) is 37.0 Å². The highest BCUT2D eigenvalue weighted by atomic mass is 16.5. The number of piperidine rings is 1. The van der Waals surface area contributed by atoms with Crippen LogP contribution in [0.2, 0.25) is 0 Å². The highest BCUT2D eigenvalue weighted by molar-refractivity contribution is 6.05. The highest BCUT2D eigenvalue weighted by Crippen LogP contribution is 2.33. The van der Waals surface area contributed by atoms with Gasteiger partial charge in [-0.15, -0.1) is 0 Å². The molecular formula is C24H31N3O5. The second-order valence-corrected chi connectivity index (χ2v) is 9.36. The molecule has 1 aliphatic carbocycles. The van der Waals surface area contributed by atoms with Gasteiger partial charge < -0.3 is 14.4 Å². The Bertz CT molecular complexity index is 915. The van der Waals surface area contributed by atoms with E-state index in [-0.39, 0.29) is 30.2 Å². The Labute approximate surface area is 188 Å². The Hall–Kier alpha value is -2.45. The fraction of sp³-hybridized carbons (Fsp3) is 0.625. The van der Waals surface area contributed by atoms with E-state index >= 15 is 0 Å². The molecule has 32 heavy (non-hydrogen) atoms. The van der Waals surface area contributed by atoms with Crippen LogP contribution in [0.4, 0.5) is 0 Å². The molecule has 1 unspecified atom stereocenters. The monoisotopic (exact) mass is 441 g/mol. The third-order valence-corrected chi connectivity index (χ3v) is 7.28. The molecule has 1 aromatic carbocycles. The number of amides is 3. The number of fused-ring (bicyclic) bond motifs is 1. The molecular weight excluding hydrogens is 410 g/mol. The van der Waals surface area contributed by atoms with Crippen LogP contribution in [0.5, 0.6) is 5.75 Å². The average Bonchev–Trinajstić information content (AvgIpc) is 3.32. The van der Waals surface area contributed by atoms with Crippen LogP contribution in [-0.4, -0.2) is 72.0 Å². The molecule has 3 fully saturated rings. The third kappa shape index (κ3) is 4.01. The summed E-state index contributed by atoms with van der Waals surface area (Å²) in [5.74, 6) is 0.592. The minimum absolute atomic E-state index is 0.136. The topological polar surface area (TPSA) is 88.2 Å². The van der Waals surface area contributed by atoms with Gasteiger partial charge >= 0.3 is 0 Å². The van der Waals surface area contributed by atoms with Crippen LogP contribution in [0.25, 0.3) is 0 Å². The van der Waals surface area contributed by atoms with Gasteiger partial charge in [-0.25, -0.2) is 0 Å². The normalized spacial score (nSPS) is 28.1. The molecule has 0 aromatic heterocycles. The zero-order valence-electron chi connectivity index (χ0n) is 18.5. The first-order chi connectivity index (χ1) is 15.5. The lowest BCUT2D eigenvalue weighted by Crippen LogP contribution is -2.52. The Morgan fingerprint density at radius 2 is 2.03 bits per heavy atom. The molecule has 1 aromatic rings. The first-order valence-corrected chi connectivity index (χ1v) is 11.8. The molecule has 3 heterocycles. The first kappa shape index (κ1) is 21.4. The molecule has 1 N–H and O–H groups in total. The number of hydrogen-bond acceptors (Lipinski definition) is 6. The molecule has 5 rings (SSSR count). The standard InChI is InChI=1S/C24H31N3O5/c1-2-26(11-15-13-31-14-15)19-4-3-5-21(19)32-17-6-7-18-16(10-17)12-27(24(18)30)20-8-9-22(28)25-23(20)29/h6-7,10,15,19-21H,2-5,8-9,11-14H2,1H3,(H,25,28,29)/t19-,20?,21-/m1/s1. The van der Waals surface area contributed by atoms with Crippen LogP contribution in [0, 0.1) is 5.92 Å². The number of rotatable bonds is 7. The van der Waals surface area contributed by atoms with Crippen molar-refractivity contribution < 1.29 is 23.9 Å². The van der Waals surface area contributed by atoms with Crippen LogP contribution in [0.15, 0.2) is 18.2 Å². The maximum absolute atomic E-state index is 12.9.